The average molecular weight is 193 g/mol. The normalized spacial score (nSPS) is 22.8. The first-order valence-corrected chi connectivity index (χ1v) is 5.39. The Balaban J connectivity index is 2.31. The smallest absolute Gasteiger partial charge is 0.0597 e. The lowest BCUT2D eigenvalue weighted by Gasteiger charge is -2.36. The van der Waals surface area contributed by atoms with Crippen molar-refractivity contribution in [1.82, 2.24) is 14.7 Å². The highest BCUT2D eigenvalue weighted by Gasteiger charge is 2.26. The van der Waals surface area contributed by atoms with Crippen LogP contribution >= 0.6 is 0 Å². The van der Waals surface area contributed by atoms with Crippen LogP contribution in [0.4, 0.5) is 0 Å². The average Bonchev–Trinajstić information content (AvgIpc) is 2.46. The molecule has 0 fully saturated rings. The molecule has 1 unspecified atom stereocenters. The van der Waals surface area contributed by atoms with Gasteiger partial charge in [-0.1, -0.05) is 0 Å². The van der Waals surface area contributed by atoms with Crippen LogP contribution in [0.1, 0.15) is 38.2 Å². The molecule has 1 aliphatic rings. The van der Waals surface area contributed by atoms with Crippen LogP contribution in [0.3, 0.4) is 0 Å². The molecule has 0 N–H and O–H groups in total. The van der Waals surface area contributed by atoms with Crippen LogP contribution < -0.4 is 0 Å². The summed E-state index contributed by atoms with van der Waals surface area (Å²) in [5.41, 5.74) is 2.50. The number of hydrogen-bond donors (Lipinski definition) is 0. The lowest BCUT2D eigenvalue weighted by atomic mass is 10.1. The van der Waals surface area contributed by atoms with Crippen molar-refractivity contribution >= 4 is 0 Å². The highest BCUT2D eigenvalue weighted by molar-refractivity contribution is 5.14. The quantitative estimate of drug-likeness (QED) is 0.680. The molecule has 1 aromatic rings. The molecule has 1 aliphatic heterocycles. The third-order valence-corrected chi connectivity index (χ3v) is 3.09. The Hall–Kier alpha value is -0.830. The summed E-state index contributed by atoms with van der Waals surface area (Å²) >= 11 is 0. The molecule has 0 saturated heterocycles. The second-order valence-corrected chi connectivity index (χ2v) is 4.44. The van der Waals surface area contributed by atoms with Gasteiger partial charge in [0.05, 0.1) is 17.9 Å². The molecule has 3 nitrogen and oxygen atoms in total. The molecule has 0 spiro atoms. The highest BCUT2D eigenvalue weighted by atomic mass is 15.4. The molecule has 2 rings (SSSR count). The lowest BCUT2D eigenvalue weighted by molar-refractivity contribution is 0.125. The molecule has 3 heteroatoms. The van der Waals surface area contributed by atoms with E-state index < -0.39 is 0 Å². The predicted molar refractivity (Wildman–Crippen MR) is 57.2 cm³/mol. The Kier molecular flexibility index (Phi) is 2.35. The number of aryl methyl sites for hydroxylation is 1. The van der Waals surface area contributed by atoms with Gasteiger partial charge in [0.15, 0.2) is 0 Å². The van der Waals surface area contributed by atoms with Crippen molar-refractivity contribution in [2.24, 2.45) is 0 Å². The van der Waals surface area contributed by atoms with Crippen LogP contribution in [0, 0.1) is 6.92 Å². The van der Waals surface area contributed by atoms with E-state index in [-0.39, 0.29) is 0 Å². The standard InChI is InChI=1S/C11H19N3/c1-8(2)13-5-6-14-11(10(13)4)7-9(3)12-14/h7-8,10H,5-6H2,1-4H3. The minimum absolute atomic E-state index is 0.505. The van der Waals surface area contributed by atoms with E-state index in [0.29, 0.717) is 12.1 Å². The summed E-state index contributed by atoms with van der Waals surface area (Å²) in [6, 6.07) is 3.33. The van der Waals surface area contributed by atoms with Gasteiger partial charge < -0.3 is 0 Å². The first-order valence-electron chi connectivity index (χ1n) is 5.39. The summed E-state index contributed by atoms with van der Waals surface area (Å²) in [6.07, 6.45) is 0. The first kappa shape index (κ1) is 9.71. The zero-order valence-corrected chi connectivity index (χ0v) is 9.49. The van der Waals surface area contributed by atoms with E-state index in [0.717, 1.165) is 18.8 Å². The van der Waals surface area contributed by atoms with E-state index in [1.54, 1.807) is 0 Å². The number of aromatic nitrogens is 2. The van der Waals surface area contributed by atoms with Crippen LogP contribution in [-0.4, -0.2) is 27.3 Å². The third kappa shape index (κ3) is 1.46. The van der Waals surface area contributed by atoms with Crippen molar-refractivity contribution < 1.29 is 0 Å². The van der Waals surface area contributed by atoms with Gasteiger partial charge in [-0.2, -0.15) is 5.10 Å². The second kappa shape index (κ2) is 3.39. The molecule has 14 heavy (non-hydrogen) atoms. The van der Waals surface area contributed by atoms with Crippen molar-refractivity contribution in [1.29, 1.82) is 0 Å². The van der Waals surface area contributed by atoms with Gasteiger partial charge in [-0.3, -0.25) is 9.58 Å². The van der Waals surface area contributed by atoms with Gasteiger partial charge in [0.2, 0.25) is 0 Å². The van der Waals surface area contributed by atoms with E-state index >= 15 is 0 Å². The Morgan fingerprint density at radius 1 is 1.43 bits per heavy atom. The fraction of sp³-hybridized carbons (Fsp3) is 0.727. The number of hydrogen-bond acceptors (Lipinski definition) is 2. The zero-order chi connectivity index (χ0) is 10.3. The van der Waals surface area contributed by atoms with E-state index in [9.17, 15) is 0 Å². The highest BCUT2D eigenvalue weighted by Crippen LogP contribution is 2.26. The lowest BCUT2D eigenvalue weighted by Crippen LogP contribution is -2.41. The molecule has 1 atom stereocenters. The summed E-state index contributed by atoms with van der Waals surface area (Å²) in [4.78, 5) is 2.52. The minimum atomic E-state index is 0.505. The number of rotatable bonds is 1. The van der Waals surface area contributed by atoms with Gasteiger partial charge in [-0.25, -0.2) is 0 Å². The van der Waals surface area contributed by atoms with Crippen LogP contribution in [0.5, 0.6) is 0 Å². The Morgan fingerprint density at radius 3 is 2.79 bits per heavy atom. The van der Waals surface area contributed by atoms with Gasteiger partial charge in [0.1, 0.15) is 0 Å². The van der Waals surface area contributed by atoms with Crippen molar-refractivity contribution in [2.75, 3.05) is 6.54 Å². The summed E-state index contributed by atoms with van der Waals surface area (Å²) in [5.74, 6) is 0. The second-order valence-electron chi connectivity index (χ2n) is 4.44. The molecule has 0 bridgehead atoms. The molecular formula is C11H19N3. The van der Waals surface area contributed by atoms with Gasteiger partial charge in [-0.15, -0.1) is 0 Å². The van der Waals surface area contributed by atoms with E-state index in [1.165, 1.54) is 5.69 Å². The van der Waals surface area contributed by atoms with Crippen molar-refractivity contribution in [3.05, 3.63) is 17.5 Å². The summed E-state index contributed by atoms with van der Waals surface area (Å²) in [5, 5.41) is 4.49. The fourth-order valence-corrected chi connectivity index (χ4v) is 2.36. The molecule has 0 aromatic carbocycles. The van der Waals surface area contributed by atoms with Gasteiger partial charge in [0, 0.05) is 18.6 Å². The number of fused-ring (bicyclic) bond motifs is 1. The van der Waals surface area contributed by atoms with Crippen molar-refractivity contribution in [3.8, 4) is 0 Å². The van der Waals surface area contributed by atoms with Crippen LogP contribution in [-0.2, 0) is 6.54 Å². The molecule has 78 valence electrons. The van der Waals surface area contributed by atoms with Crippen LogP contribution in [0.2, 0.25) is 0 Å². The van der Waals surface area contributed by atoms with E-state index in [2.05, 4.69) is 48.4 Å². The monoisotopic (exact) mass is 193 g/mol. The van der Waals surface area contributed by atoms with E-state index in [1.807, 2.05) is 0 Å². The molecule has 0 radical (unpaired) electrons. The van der Waals surface area contributed by atoms with Crippen LogP contribution in [0.25, 0.3) is 0 Å². The zero-order valence-electron chi connectivity index (χ0n) is 9.49. The Bertz CT molecular complexity index is 327. The van der Waals surface area contributed by atoms with Gasteiger partial charge >= 0.3 is 0 Å². The van der Waals surface area contributed by atoms with Crippen molar-refractivity contribution in [3.63, 3.8) is 0 Å². The maximum atomic E-state index is 4.49. The molecule has 1 aromatic heterocycles. The Morgan fingerprint density at radius 2 is 2.14 bits per heavy atom. The SMILES string of the molecule is Cc1cc2n(n1)CCN(C(C)C)C2C. The third-order valence-electron chi connectivity index (χ3n) is 3.09. The van der Waals surface area contributed by atoms with Crippen LogP contribution in [0.15, 0.2) is 6.07 Å². The fourth-order valence-electron chi connectivity index (χ4n) is 2.36. The minimum Gasteiger partial charge on any atom is -0.291 e. The predicted octanol–water partition coefficient (Wildman–Crippen LogP) is 1.98. The summed E-state index contributed by atoms with van der Waals surface area (Å²) < 4.78 is 2.15. The maximum Gasteiger partial charge on any atom is 0.0597 e. The topological polar surface area (TPSA) is 21.1 Å². The summed E-state index contributed by atoms with van der Waals surface area (Å²) in [7, 11) is 0. The Labute approximate surface area is 85.7 Å². The molecule has 2 heterocycles. The van der Waals surface area contributed by atoms with E-state index in [4.69, 9.17) is 0 Å². The maximum absolute atomic E-state index is 4.49. The molecular weight excluding hydrogens is 174 g/mol. The molecule has 0 aliphatic carbocycles. The van der Waals surface area contributed by atoms with Gasteiger partial charge in [0.25, 0.3) is 0 Å². The van der Waals surface area contributed by atoms with Gasteiger partial charge in [-0.05, 0) is 33.8 Å². The number of nitrogens with zero attached hydrogens (tertiary/aromatic N) is 3. The molecule has 0 amide bonds. The first-order chi connectivity index (χ1) is 6.59. The van der Waals surface area contributed by atoms with Crippen molar-refractivity contribution in [2.45, 2.75) is 46.3 Å². The largest absolute Gasteiger partial charge is 0.291 e. The molecule has 0 saturated carbocycles. The summed E-state index contributed by atoms with van der Waals surface area (Å²) in [6.45, 7) is 11.0.